The minimum absolute atomic E-state index is 0.114. The van der Waals surface area contributed by atoms with Crippen molar-refractivity contribution < 1.29 is 24.5 Å². The van der Waals surface area contributed by atoms with E-state index < -0.39 is 11.9 Å². The number of aliphatic carboxylic acids is 2. The highest BCUT2D eigenvalue weighted by Gasteiger charge is 2.14. The van der Waals surface area contributed by atoms with Crippen molar-refractivity contribution in [3.8, 4) is 5.75 Å². The molecule has 2 aromatic rings. The molecule has 0 saturated carbocycles. The maximum absolute atomic E-state index is 10.9. The van der Waals surface area contributed by atoms with E-state index in [2.05, 4.69) is 0 Å². The molecule has 5 heteroatoms. The molecule has 0 heterocycles. The summed E-state index contributed by atoms with van der Waals surface area (Å²) in [7, 11) is 1.50. The minimum Gasteiger partial charge on any atom is -0.496 e. The number of fused-ring (bicyclic) bond motifs is 1. The molecule has 20 heavy (non-hydrogen) atoms. The largest absolute Gasteiger partial charge is 0.496 e. The van der Waals surface area contributed by atoms with Gasteiger partial charge in [-0.15, -0.1) is 0 Å². The van der Waals surface area contributed by atoms with E-state index in [9.17, 15) is 9.59 Å². The van der Waals surface area contributed by atoms with Crippen LogP contribution >= 0.6 is 0 Å². The third-order valence-electron chi connectivity index (χ3n) is 3.08. The zero-order valence-corrected chi connectivity index (χ0v) is 10.9. The second kappa shape index (κ2) is 5.61. The van der Waals surface area contributed by atoms with Crippen molar-refractivity contribution >= 4 is 22.7 Å². The Hall–Kier alpha value is -2.56. The van der Waals surface area contributed by atoms with Gasteiger partial charge >= 0.3 is 11.9 Å². The molecule has 104 valence electrons. The molecule has 0 bridgehead atoms. The van der Waals surface area contributed by atoms with Crippen molar-refractivity contribution in [3.05, 3.63) is 41.5 Å². The third kappa shape index (κ3) is 2.71. The van der Waals surface area contributed by atoms with E-state index in [1.165, 1.54) is 7.11 Å². The molecule has 0 aliphatic heterocycles. The average Bonchev–Trinajstić information content (AvgIpc) is 2.39. The van der Waals surface area contributed by atoms with Crippen LogP contribution in [-0.2, 0) is 22.4 Å². The van der Waals surface area contributed by atoms with E-state index in [0.29, 0.717) is 27.6 Å². The van der Waals surface area contributed by atoms with Gasteiger partial charge in [-0.1, -0.05) is 24.3 Å². The highest BCUT2D eigenvalue weighted by atomic mass is 16.5. The molecule has 0 saturated heterocycles. The first kappa shape index (κ1) is 13.9. The van der Waals surface area contributed by atoms with Crippen molar-refractivity contribution in [1.82, 2.24) is 0 Å². The van der Waals surface area contributed by atoms with Gasteiger partial charge in [0.15, 0.2) is 0 Å². The van der Waals surface area contributed by atoms with E-state index in [1.807, 2.05) is 0 Å². The molecule has 0 aromatic heterocycles. The van der Waals surface area contributed by atoms with E-state index in [-0.39, 0.29) is 12.8 Å². The van der Waals surface area contributed by atoms with Crippen LogP contribution in [0.2, 0.25) is 0 Å². The smallest absolute Gasteiger partial charge is 0.307 e. The molecule has 5 nitrogen and oxygen atoms in total. The van der Waals surface area contributed by atoms with Gasteiger partial charge in [-0.3, -0.25) is 9.59 Å². The van der Waals surface area contributed by atoms with Gasteiger partial charge in [0.25, 0.3) is 0 Å². The predicted octanol–water partition coefficient (Wildman–Crippen LogP) is 2.10. The van der Waals surface area contributed by atoms with Crippen LogP contribution in [0.3, 0.4) is 0 Å². The lowest BCUT2D eigenvalue weighted by Gasteiger charge is -2.12. The summed E-state index contributed by atoms with van der Waals surface area (Å²) in [6.45, 7) is 0. The van der Waals surface area contributed by atoms with Crippen LogP contribution in [0.5, 0.6) is 5.75 Å². The summed E-state index contributed by atoms with van der Waals surface area (Å²) in [5, 5.41) is 19.3. The lowest BCUT2D eigenvalue weighted by Crippen LogP contribution is -2.05. The Bertz CT molecular complexity index is 675. The summed E-state index contributed by atoms with van der Waals surface area (Å²) in [6, 6.07) is 8.59. The normalized spacial score (nSPS) is 10.4. The Labute approximate surface area is 115 Å². The second-order valence-corrected chi connectivity index (χ2v) is 4.41. The monoisotopic (exact) mass is 274 g/mol. The fraction of sp³-hybridized carbons (Fsp3) is 0.200. The van der Waals surface area contributed by atoms with Crippen LogP contribution in [0.4, 0.5) is 0 Å². The molecule has 2 N–H and O–H groups in total. The first-order chi connectivity index (χ1) is 9.52. The van der Waals surface area contributed by atoms with Crippen LogP contribution in [0.1, 0.15) is 11.1 Å². The zero-order valence-electron chi connectivity index (χ0n) is 10.9. The first-order valence-corrected chi connectivity index (χ1v) is 6.04. The molecule has 0 radical (unpaired) electrons. The number of hydrogen-bond acceptors (Lipinski definition) is 3. The van der Waals surface area contributed by atoms with Gasteiger partial charge < -0.3 is 14.9 Å². The highest BCUT2D eigenvalue weighted by molar-refractivity contribution is 5.97. The molecule has 0 atom stereocenters. The van der Waals surface area contributed by atoms with Crippen LogP contribution in [0.25, 0.3) is 10.8 Å². The van der Waals surface area contributed by atoms with Gasteiger partial charge in [0.1, 0.15) is 5.75 Å². The molecule has 2 rings (SSSR count). The number of benzene rings is 2. The van der Waals surface area contributed by atoms with Crippen molar-refractivity contribution in [2.24, 2.45) is 0 Å². The fourth-order valence-electron chi connectivity index (χ4n) is 2.30. The number of carboxylic acid groups (broad SMARTS) is 2. The maximum atomic E-state index is 10.9. The zero-order chi connectivity index (χ0) is 14.7. The van der Waals surface area contributed by atoms with Gasteiger partial charge in [0.05, 0.1) is 20.0 Å². The molecule has 0 unspecified atom stereocenters. The van der Waals surface area contributed by atoms with E-state index in [4.69, 9.17) is 14.9 Å². The van der Waals surface area contributed by atoms with Gasteiger partial charge in [-0.2, -0.15) is 0 Å². The molecule has 2 aromatic carbocycles. The van der Waals surface area contributed by atoms with Crippen molar-refractivity contribution in [1.29, 1.82) is 0 Å². The molecule has 0 amide bonds. The first-order valence-electron chi connectivity index (χ1n) is 6.04. The number of methoxy groups -OCH3 is 1. The van der Waals surface area contributed by atoms with Gasteiger partial charge in [-0.05, 0) is 22.6 Å². The summed E-state index contributed by atoms with van der Waals surface area (Å²) in [6.07, 6.45) is -0.249. The molecular weight excluding hydrogens is 260 g/mol. The van der Waals surface area contributed by atoms with Crippen molar-refractivity contribution in [2.45, 2.75) is 12.8 Å². The number of rotatable bonds is 5. The number of carboxylic acids is 2. The van der Waals surface area contributed by atoms with E-state index >= 15 is 0 Å². The Morgan fingerprint density at radius 2 is 1.60 bits per heavy atom. The average molecular weight is 274 g/mol. The standard InChI is InChI=1S/C15H14O5/c1-20-12-4-2-3-11-9(7-13(16)17)5-6-10(15(11)12)8-14(18)19/h2-6H,7-8H2,1H3,(H,16,17)(H,18,19). The summed E-state index contributed by atoms with van der Waals surface area (Å²) in [5.74, 6) is -1.32. The van der Waals surface area contributed by atoms with Crippen molar-refractivity contribution in [2.75, 3.05) is 7.11 Å². The molecule has 0 fully saturated rings. The quantitative estimate of drug-likeness (QED) is 0.872. The summed E-state index contributed by atoms with van der Waals surface area (Å²) in [5.41, 5.74) is 1.25. The SMILES string of the molecule is COc1cccc2c(CC(=O)O)ccc(CC(=O)O)c12. The lowest BCUT2D eigenvalue weighted by atomic mass is 9.95. The number of hydrogen-bond donors (Lipinski definition) is 2. The molecular formula is C15H14O5. The van der Waals surface area contributed by atoms with Crippen LogP contribution in [0.15, 0.2) is 30.3 Å². The van der Waals surface area contributed by atoms with Gasteiger partial charge in [0.2, 0.25) is 0 Å². The molecule has 0 spiro atoms. The Balaban J connectivity index is 2.71. The summed E-state index contributed by atoms with van der Waals surface area (Å²) < 4.78 is 5.27. The van der Waals surface area contributed by atoms with E-state index in [0.717, 1.165) is 0 Å². The van der Waals surface area contributed by atoms with Crippen LogP contribution in [0, 0.1) is 0 Å². The number of carbonyl (C=O) groups is 2. The maximum Gasteiger partial charge on any atom is 0.307 e. The summed E-state index contributed by atoms with van der Waals surface area (Å²) in [4.78, 5) is 21.8. The Kier molecular flexibility index (Phi) is 3.89. The van der Waals surface area contributed by atoms with E-state index in [1.54, 1.807) is 30.3 Å². The second-order valence-electron chi connectivity index (χ2n) is 4.41. The van der Waals surface area contributed by atoms with Crippen LogP contribution in [-0.4, -0.2) is 29.3 Å². The van der Waals surface area contributed by atoms with Gasteiger partial charge in [0, 0.05) is 5.39 Å². The third-order valence-corrected chi connectivity index (χ3v) is 3.08. The lowest BCUT2D eigenvalue weighted by molar-refractivity contribution is -0.137. The summed E-state index contributed by atoms with van der Waals surface area (Å²) >= 11 is 0. The Morgan fingerprint density at radius 1 is 1.00 bits per heavy atom. The van der Waals surface area contributed by atoms with Crippen LogP contribution < -0.4 is 4.74 Å². The fourth-order valence-corrected chi connectivity index (χ4v) is 2.30. The highest BCUT2D eigenvalue weighted by Crippen LogP contribution is 2.32. The molecule has 0 aliphatic rings. The topological polar surface area (TPSA) is 83.8 Å². The Morgan fingerprint density at radius 3 is 2.20 bits per heavy atom. The predicted molar refractivity (Wildman–Crippen MR) is 73.2 cm³/mol. The molecule has 0 aliphatic carbocycles. The minimum atomic E-state index is -0.941. The van der Waals surface area contributed by atoms with Gasteiger partial charge in [-0.25, -0.2) is 0 Å². The van der Waals surface area contributed by atoms with Crippen molar-refractivity contribution in [3.63, 3.8) is 0 Å². The number of ether oxygens (including phenoxy) is 1.